The highest BCUT2D eigenvalue weighted by atomic mass is 16.1. The fourth-order valence-electron chi connectivity index (χ4n) is 1.17. The van der Waals surface area contributed by atoms with Gasteiger partial charge in [-0.1, -0.05) is 13.8 Å². The highest BCUT2D eigenvalue weighted by Crippen LogP contribution is 2.09. The van der Waals surface area contributed by atoms with Crippen molar-refractivity contribution in [1.82, 2.24) is 15.5 Å². The largest absolute Gasteiger partial charge is 0.316 e. The first-order valence-electron chi connectivity index (χ1n) is 5.16. The van der Waals surface area contributed by atoms with E-state index in [0.717, 1.165) is 12.1 Å². The number of hydrogen-bond donors (Lipinski definition) is 3. The molecule has 84 valence electrons. The number of carbonyl (C=O) groups excluding carboxylic acids is 1. The van der Waals surface area contributed by atoms with Crippen molar-refractivity contribution in [3.63, 3.8) is 0 Å². The molecule has 0 spiro atoms. The summed E-state index contributed by atoms with van der Waals surface area (Å²) in [5, 5.41) is 12.5. The summed E-state index contributed by atoms with van der Waals surface area (Å²) in [5.74, 6) is 0.638. The molecule has 0 aromatic carbocycles. The number of hydrogen-bond acceptors (Lipinski definition) is 3. The Kier molecular flexibility index (Phi) is 4.30. The molecule has 0 saturated carbocycles. The Morgan fingerprint density at radius 3 is 2.93 bits per heavy atom. The van der Waals surface area contributed by atoms with E-state index in [-0.39, 0.29) is 11.8 Å². The molecule has 0 aliphatic rings. The van der Waals surface area contributed by atoms with Crippen molar-refractivity contribution < 1.29 is 4.79 Å². The molecule has 1 atom stereocenters. The lowest BCUT2D eigenvalue weighted by molar-refractivity contribution is -0.119. The molecule has 0 aliphatic carbocycles. The van der Waals surface area contributed by atoms with Crippen molar-refractivity contribution in [2.75, 3.05) is 18.4 Å². The predicted molar refractivity (Wildman–Crippen MR) is 59.7 cm³/mol. The number of aromatic amines is 1. The summed E-state index contributed by atoms with van der Waals surface area (Å²) >= 11 is 0. The van der Waals surface area contributed by atoms with Gasteiger partial charge in [-0.25, -0.2) is 0 Å². The van der Waals surface area contributed by atoms with Gasteiger partial charge in [0.2, 0.25) is 5.91 Å². The summed E-state index contributed by atoms with van der Waals surface area (Å²) in [6, 6.07) is 0. The Morgan fingerprint density at radius 1 is 1.67 bits per heavy atom. The summed E-state index contributed by atoms with van der Waals surface area (Å²) in [6.45, 7) is 7.37. The van der Waals surface area contributed by atoms with Crippen LogP contribution in [0.2, 0.25) is 0 Å². The van der Waals surface area contributed by atoms with E-state index in [1.54, 1.807) is 6.20 Å². The molecular formula is C10H18N4O. The Morgan fingerprint density at radius 2 is 2.40 bits per heavy atom. The lowest BCUT2D eigenvalue weighted by Crippen LogP contribution is -2.30. The van der Waals surface area contributed by atoms with E-state index in [0.29, 0.717) is 12.4 Å². The van der Waals surface area contributed by atoms with Crippen molar-refractivity contribution in [3.8, 4) is 0 Å². The molecule has 1 aromatic rings. The minimum atomic E-state index is -0.0485. The van der Waals surface area contributed by atoms with Gasteiger partial charge >= 0.3 is 0 Å². The zero-order valence-corrected chi connectivity index (χ0v) is 9.42. The maximum absolute atomic E-state index is 11.7. The molecule has 5 nitrogen and oxygen atoms in total. The summed E-state index contributed by atoms with van der Waals surface area (Å²) in [5.41, 5.74) is 0.944. The van der Waals surface area contributed by atoms with Crippen molar-refractivity contribution in [1.29, 1.82) is 0 Å². The Balaban J connectivity index is 2.45. The molecule has 1 amide bonds. The van der Waals surface area contributed by atoms with E-state index >= 15 is 0 Å². The average molecular weight is 210 g/mol. The van der Waals surface area contributed by atoms with Gasteiger partial charge in [-0.15, -0.1) is 0 Å². The van der Waals surface area contributed by atoms with Crippen LogP contribution >= 0.6 is 0 Å². The number of rotatable bonds is 5. The second kappa shape index (κ2) is 5.50. The zero-order valence-electron chi connectivity index (χ0n) is 9.42. The quantitative estimate of drug-likeness (QED) is 0.676. The number of carbonyl (C=O) groups is 1. The predicted octanol–water partition coefficient (Wildman–Crippen LogP) is 0.902. The van der Waals surface area contributed by atoms with Crippen molar-refractivity contribution >= 4 is 11.7 Å². The molecule has 0 saturated heterocycles. The Bertz CT molecular complexity index is 321. The number of nitrogens with zero attached hydrogens (tertiary/aromatic N) is 1. The SMILES string of the molecule is CCNCC(C)C(=O)Nc1[nH]ncc1C. The molecule has 1 unspecified atom stereocenters. The third-order valence-corrected chi connectivity index (χ3v) is 2.23. The summed E-state index contributed by atoms with van der Waals surface area (Å²) in [4.78, 5) is 11.7. The van der Waals surface area contributed by atoms with Crippen molar-refractivity contribution in [3.05, 3.63) is 11.8 Å². The van der Waals surface area contributed by atoms with Crippen LogP contribution in [0.4, 0.5) is 5.82 Å². The molecule has 1 aromatic heterocycles. The van der Waals surface area contributed by atoms with Crippen LogP contribution < -0.4 is 10.6 Å². The van der Waals surface area contributed by atoms with E-state index in [1.165, 1.54) is 0 Å². The Labute approximate surface area is 89.6 Å². The maximum atomic E-state index is 11.7. The Hall–Kier alpha value is -1.36. The maximum Gasteiger partial charge on any atom is 0.229 e. The first-order valence-corrected chi connectivity index (χ1v) is 5.16. The van der Waals surface area contributed by atoms with Gasteiger partial charge in [0.1, 0.15) is 5.82 Å². The lowest BCUT2D eigenvalue weighted by atomic mass is 10.1. The molecular weight excluding hydrogens is 192 g/mol. The van der Waals surface area contributed by atoms with Crippen LogP contribution in [0.25, 0.3) is 0 Å². The second-order valence-corrected chi connectivity index (χ2v) is 3.63. The number of aromatic nitrogens is 2. The number of aryl methyl sites for hydroxylation is 1. The smallest absolute Gasteiger partial charge is 0.229 e. The average Bonchev–Trinajstić information content (AvgIpc) is 2.61. The highest BCUT2D eigenvalue weighted by Gasteiger charge is 2.13. The number of H-pyrrole nitrogens is 1. The van der Waals surface area contributed by atoms with E-state index in [4.69, 9.17) is 0 Å². The van der Waals surface area contributed by atoms with E-state index < -0.39 is 0 Å². The normalized spacial score (nSPS) is 12.5. The van der Waals surface area contributed by atoms with Crippen LogP contribution in [0.5, 0.6) is 0 Å². The van der Waals surface area contributed by atoms with E-state index in [2.05, 4.69) is 20.8 Å². The van der Waals surface area contributed by atoms with Gasteiger partial charge in [-0.3, -0.25) is 9.89 Å². The van der Waals surface area contributed by atoms with Crippen LogP contribution in [0.15, 0.2) is 6.20 Å². The van der Waals surface area contributed by atoms with Gasteiger partial charge in [0, 0.05) is 18.0 Å². The molecule has 0 radical (unpaired) electrons. The van der Waals surface area contributed by atoms with Crippen molar-refractivity contribution in [2.24, 2.45) is 5.92 Å². The molecule has 15 heavy (non-hydrogen) atoms. The second-order valence-electron chi connectivity index (χ2n) is 3.63. The molecule has 0 bridgehead atoms. The van der Waals surface area contributed by atoms with Crippen LogP contribution in [0.1, 0.15) is 19.4 Å². The van der Waals surface area contributed by atoms with E-state index in [9.17, 15) is 4.79 Å². The highest BCUT2D eigenvalue weighted by molar-refractivity contribution is 5.92. The van der Waals surface area contributed by atoms with Gasteiger partial charge in [0.05, 0.1) is 6.20 Å². The van der Waals surface area contributed by atoms with Gasteiger partial charge in [-0.2, -0.15) is 5.10 Å². The topological polar surface area (TPSA) is 69.8 Å². The molecule has 5 heteroatoms. The minimum absolute atomic E-state index is 0.00306. The third-order valence-electron chi connectivity index (χ3n) is 2.23. The lowest BCUT2D eigenvalue weighted by Gasteiger charge is -2.11. The minimum Gasteiger partial charge on any atom is -0.316 e. The van der Waals surface area contributed by atoms with E-state index in [1.807, 2.05) is 20.8 Å². The summed E-state index contributed by atoms with van der Waals surface area (Å²) in [7, 11) is 0. The van der Waals surface area contributed by atoms with Crippen LogP contribution in [-0.4, -0.2) is 29.2 Å². The van der Waals surface area contributed by atoms with Gasteiger partial charge in [-0.05, 0) is 13.5 Å². The third kappa shape index (κ3) is 3.36. The van der Waals surface area contributed by atoms with Crippen LogP contribution in [0, 0.1) is 12.8 Å². The van der Waals surface area contributed by atoms with Gasteiger partial charge in [0.15, 0.2) is 0 Å². The summed E-state index contributed by atoms with van der Waals surface area (Å²) < 4.78 is 0. The van der Waals surface area contributed by atoms with Gasteiger partial charge in [0.25, 0.3) is 0 Å². The molecule has 0 aliphatic heterocycles. The zero-order chi connectivity index (χ0) is 11.3. The molecule has 1 heterocycles. The standard InChI is InChI=1S/C10H18N4O/c1-4-11-5-8(3)10(15)13-9-7(2)6-12-14-9/h6,8,11H,4-5H2,1-3H3,(H2,12,13,14,15). The first-order chi connectivity index (χ1) is 7.15. The molecule has 0 fully saturated rings. The fourth-order valence-corrected chi connectivity index (χ4v) is 1.17. The summed E-state index contributed by atoms with van der Waals surface area (Å²) in [6.07, 6.45) is 1.69. The molecule has 3 N–H and O–H groups in total. The molecule has 1 rings (SSSR count). The monoisotopic (exact) mass is 210 g/mol. The van der Waals surface area contributed by atoms with Crippen molar-refractivity contribution in [2.45, 2.75) is 20.8 Å². The van der Waals surface area contributed by atoms with Gasteiger partial charge < -0.3 is 10.6 Å². The number of amides is 1. The first kappa shape index (κ1) is 11.7. The van der Waals surface area contributed by atoms with Crippen LogP contribution in [0.3, 0.4) is 0 Å². The fraction of sp³-hybridized carbons (Fsp3) is 0.600. The van der Waals surface area contributed by atoms with Crippen LogP contribution in [-0.2, 0) is 4.79 Å². The number of anilines is 1. The number of nitrogens with one attached hydrogen (secondary N) is 3.